The molecule has 1 N–H and O–H groups in total. The van der Waals surface area contributed by atoms with Crippen molar-refractivity contribution in [2.75, 3.05) is 39.4 Å². The van der Waals surface area contributed by atoms with Crippen LogP contribution in [0.1, 0.15) is 33.6 Å². The summed E-state index contributed by atoms with van der Waals surface area (Å²) < 4.78 is 11.0. The molecule has 1 aromatic carbocycles. The Balaban J connectivity index is 1.72. The molecule has 0 spiro atoms. The molecule has 0 unspecified atom stereocenters. The van der Waals surface area contributed by atoms with Crippen LogP contribution in [0.2, 0.25) is 0 Å². The molecule has 0 saturated carbocycles. The average Bonchev–Trinajstić information content (AvgIpc) is 2.69. The minimum absolute atomic E-state index is 0.0183. The zero-order chi connectivity index (χ0) is 19.6. The monoisotopic (exact) mass is 377 g/mol. The summed E-state index contributed by atoms with van der Waals surface area (Å²) in [6.45, 7) is 9.16. The lowest BCUT2D eigenvalue weighted by Gasteiger charge is -2.33. The van der Waals surface area contributed by atoms with Gasteiger partial charge in [0, 0.05) is 32.2 Å². The summed E-state index contributed by atoms with van der Waals surface area (Å²) in [5.41, 5.74) is 0. The molecule has 7 nitrogen and oxygen atoms in total. The summed E-state index contributed by atoms with van der Waals surface area (Å²) in [5, 5.41) is 3.06. The van der Waals surface area contributed by atoms with Crippen molar-refractivity contribution < 1.29 is 19.1 Å². The SMILES string of the molecule is CCOc1ccc(OCC(=O)N2CCC(NC(=O)N(CC)CC)CC2)cc1. The predicted octanol–water partition coefficient (Wildman–Crippen LogP) is 2.51. The Morgan fingerprint density at radius 2 is 1.59 bits per heavy atom. The molecule has 0 aliphatic carbocycles. The normalized spacial score (nSPS) is 14.6. The van der Waals surface area contributed by atoms with Crippen LogP contribution in [0.3, 0.4) is 0 Å². The Labute approximate surface area is 161 Å². The third kappa shape index (κ3) is 6.34. The van der Waals surface area contributed by atoms with E-state index in [9.17, 15) is 9.59 Å². The van der Waals surface area contributed by atoms with Crippen LogP contribution in [0.25, 0.3) is 0 Å². The number of likely N-dealkylation sites (tertiary alicyclic amines) is 1. The van der Waals surface area contributed by atoms with Crippen molar-refractivity contribution in [1.82, 2.24) is 15.1 Å². The van der Waals surface area contributed by atoms with Crippen LogP contribution in [-0.4, -0.2) is 67.2 Å². The van der Waals surface area contributed by atoms with Gasteiger partial charge < -0.3 is 24.6 Å². The fourth-order valence-corrected chi connectivity index (χ4v) is 3.09. The molecule has 2 rings (SSSR count). The number of nitrogens with one attached hydrogen (secondary N) is 1. The molecular formula is C20H31N3O4. The predicted molar refractivity (Wildman–Crippen MR) is 104 cm³/mol. The van der Waals surface area contributed by atoms with Gasteiger partial charge in [-0.05, 0) is 57.9 Å². The number of hydrogen-bond acceptors (Lipinski definition) is 4. The standard InChI is InChI=1S/C20H31N3O4/c1-4-22(5-2)20(25)21-16-11-13-23(14-12-16)19(24)15-27-18-9-7-17(8-10-18)26-6-3/h7-10,16H,4-6,11-15H2,1-3H3,(H,21,25). The van der Waals surface area contributed by atoms with Gasteiger partial charge in [0.2, 0.25) is 0 Å². The first-order valence-electron chi connectivity index (χ1n) is 9.76. The zero-order valence-corrected chi connectivity index (χ0v) is 16.6. The minimum Gasteiger partial charge on any atom is -0.494 e. The lowest BCUT2D eigenvalue weighted by atomic mass is 10.1. The fraction of sp³-hybridized carbons (Fsp3) is 0.600. The molecule has 3 amide bonds. The van der Waals surface area contributed by atoms with E-state index in [1.54, 1.807) is 21.9 Å². The summed E-state index contributed by atoms with van der Waals surface area (Å²) in [6.07, 6.45) is 1.53. The van der Waals surface area contributed by atoms with E-state index in [2.05, 4.69) is 5.32 Å². The van der Waals surface area contributed by atoms with E-state index in [1.807, 2.05) is 32.9 Å². The van der Waals surface area contributed by atoms with Crippen molar-refractivity contribution in [1.29, 1.82) is 0 Å². The number of rotatable bonds is 8. The first-order chi connectivity index (χ1) is 13.1. The third-order valence-electron chi connectivity index (χ3n) is 4.72. The molecule has 27 heavy (non-hydrogen) atoms. The van der Waals surface area contributed by atoms with Crippen molar-refractivity contribution in [2.24, 2.45) is 0 Å². The highest BCUT2D eigenvalue weighted by molar-refractivity contribution is 5.78. The highest BCUT2D eigenvalue weighted by Crippen LogP contribution is 2.18. The first-order valence-corrected chi connectivity index (χ1v) is 9.76. The van der Waals surface area contributed by atoms with Crippen molar-refractivity contribution in [2.45, 2.75) is 39.7 Å². The van der Waals surface area contributed by atoms with Gasteiger partial charge in [0.25, 0.3) is 5.91 Å². The molecule has 7 heteroatoms. The van der Waals surface area contributed by atoms with Gasteiger partial charge in [-0.15, -0.1) is 0 Å². The van der Waals surface area contributed by atoms with Crippen molar-refractivity contribution in [3.8, 4) is 11.5 Å². The van der Waals surface area contributed by atoms with E-state index < -0.39 is 0 Å². The Bertz CT molecular complexity index is 594. The van der Waals surface area contributed by atoms with Crippen LogP contribution >= 0.6 is 0 Å². The number of carbonyl (C=O) groups excluding carboxylic acids is 2. The molecule has 1 fully saturated rings. The molecule has 150 valence electrons. The van der Waals surface area contributed by atoms with Gasteiger partial charge in [-0.25, -0.2) is 4.79 Å². The van der Waals surface area contributed by atoms with Crippen LogP contribution in [0.5, 0.6) is 11.5 Å². The molecule has 0 aromatic heterocycles. The molecular weight excluding hydrogens is 346 g/mol. The van der Waals surface area contributed by atoms with Crippen LogP contribution in [0.4, 0.5) is 4.79 Å². The fourth-order valence-electron chi connectivity index (χ4n) is 3.09. The zero-order valence-electron chi connectivity index (χ0n) is 16.6. The lowest BCUT2D eigenvalue weighted by Crippen LogP contribution is -2.50. The maximum Gasteiger partial charge on any atom is 0.317 e. The summed E-state index contributed by atoms with van der Waals surface area (Å²) in [6, 6.07) is 7.35. The Kier molecular flexibility index (Phi) is 8.23. The van der Waals surface area contributed by atoms with E-state index in [1.165, 1.54) is 0 Å². The number of ether oxygens (including phenoxy) is 2. The molecule has 1 aliphatic rings. The largest absolute Gasteiger partial charge is 0.494 e. The second kappa shape index (κ2) is 10.6. The van der Waals surface area contributed by atoms with Crippen LogP contribution in [0, 0.1) is 0 Å². The Hall–Kier alpha value is -2.44. The topological polar surface area (TPSA) is 71.1 Å². The van der Waals surface area contributed by atoms with Crippen LogP contribution in [0.15, 0.2) is 24.3 Å². The van der Waals surface area contributed by atoms with Crippen molar-refractivity contribution in [3.05, 3.63) is 24.3 Å². The summed E-state index contributed by atoms with van der Waals surface area (Å²) in [4.78, 5) is 28.0. The summed E-state index contributed by atoms with van der Waals surface area (Å²) in [5.74, 6) is 1.40. The van der Waals surface area contributed by atoms with Gasteiger partial charge in [0.1, 0.15) is 11.5 Å². The van der Waals surface area contributed by atoms with Gasteiger partial charge >= 0.3 is 6.03 Å². The van der Waals surface area contributed by atoms with E-state index in [0.717, 1.165) is 18.6 Å². The van der Waals surface area contributed by atoms with E-state index in [-0.39, 0.29) is 24.6 Å². The van der Waals surface area contributed by atoms with Crippen LogP contribution < -0.4 is 14.8 Å². The highest BCUT2D eigenvalue weighted by atomic mass is 16.5. The average molecular weight is 377 g/mol. The third-order valence-corrected chi connectivity index (χ3v) is 4.72. The number of urea groups is 1. The molecule has 0 bridgehead atoms. The van der Waals surface area contributed by atoms with Gasteiger partial charge in [0.15, 0.2) is 6.61 Å². The van der Waals surface area contributed by atoms with Gasteiger partial charge in [-0.2, -0.15) is 0 Å². The van der Waals surface area contributed by atoms with Gasteiger partial charge in [-0.3, -0.25) is 4.79 Å². The number of hydrogen-bond donors (Lipinski definition) is 1. The molecule has 1 saturated heterocycles. The number of benzene rings is 1. The molecule has 1 heterocycles. The van der Waals surface area contributed by atoms with E-state index in [0.29, 0.717) is 38.5 Å². The van der Waals surface area contributed by atoms with Gasteiger partial charge in [0.05, 0.1) is 6.61 Å². The summed E-state index contributed by atoms with van der Waals surface area (Å²) >= 11 is 0. The highest BCUT2D eigenvalue weighted by Gasteiger charge is 2.25. The van der Waals surface area contributed by atoms with E-state index in [4.69, 9.17) is 9.47 Å². The lowest BCUT2D eigenvalue weighted by molar-refractivity contribution is -0.134. The molecule has 0 atom stereocenters. The number of amides is 3. The molecule has 1 aromatic rings. The molecule has 1 aliphatic heterocycles. The molecule has 0 radical (unpaired) electrons. The Morgan fingerprint density at radius 1 is 1.04 bits per heavy atom. The van der Waals surface area contributed by atoms with E-state index >= 15 is 0 Å². The number of nitrogens with zero attached hydrogens (tertiary/aromatic N) is 2. The number of piperidine rings is 1. The minimum atomic E-state index is -0.0302. The smallest absolute Gasteiger partial charge is 0.317 e. The van der Waals surface area contributed by atoms with Gasteiger partial charge in [-0.1, -0.05) is 0 Å². The first kappa shape index (κ1) is 20.9. The second-order valence-corrected chi connectivity index (χ2v) is 6.47. The van der Waals surface area contributed by atoms with Crippen LogP contribution in [-0.2, 0) is 4.79 Å². The second-order valence-electron chi connectivity index (χ2n) is 6.47. The maximum absolute atomic E-state index is 12.4. The number of carbonyl (C=O) groups is 2. The van der Waals surface area contributed by atoms with Crippen molar-refractivity contribution >= 4 is 11.9 Å². The summed E-state index contributed by atoms with van der Waals surface area (Å²) in [7, 11) is 0. The maximum atomic E-state index is 12.4. The van der Waals surface area contributed by atoms with Crippen molar-refractivity contribution in [3.63, 3.8) is 0 Å². The Morgan fingerprint density at radius 3 is 2.11 bits per heavy atom. The quantitative estimate of drug-likeness (QED) is 0.756.